The van der Waals surface area contributed by atoms with Gasteiger partial charge in [0, 0.05) is 19.4 Å². The maximum Gasteiger partial charge on any atom is 0.306 e. The van der Waals surface area contributed by atoms with E-state index in [9.17, 15) is 9.59 Å². The molecule has 0 spiro atoms. The summed E-state index contributed by atoms with van der Waals surface area (Å²) < 4.78 is 17.3. The Morgan fingerprint density at radius 2 is 0.712 bits per heavy atom. The van der Waals surface area contributed by atoms with Crippen LogP contribution in [0.25, 0.3) is 0 Å². The van der Waals surface area contributed by atoms with Crippen molar-refractivity contribution in [2.45, 2.75) is 219 Å². The predicted molar refractivity (Wildman–Crippen MR) is 288 cm³/mol. The molecule has 5 nitrogen and oxygen atoms in total. The van der Waals surface area contributed by atoms with Crippen molar-refractivity contribution in [1.82, 2.24) is 0 Å². The first kappa shape index (κ1) is 62.0. The van der Waals surface area contributed by atoms with Gasteiger partial charge in [0.25, 0.3) is 0 Å². The molecule has 0 aliphatic carbocycles. The molecule has 0 radical (unpaired) electrons. The highest BCUT2D eigenvalue weighted by atomic mass is 16.6. The van der Waals surface area contributed by atoms with E-state index < -0.39 is 6.10 Å². The molecule has 0 saturated carbocycles. The van der Waals surface area contributed by atoms with Gasteiger partial charge in [0.15, 0.2) is 6.10 Å². The van der Waals surface area contributed by atoms with Crippen LogP contribution in [0.3, 0.4) is 0 Å². The summed E-state index contributed by atoms with van der Waals surface area (Å²) in [5.74, 6) is -0.538. The maximum absolute atomic E-state index is 12.8. The largest absolute Gasteiger partial charge is 0.462 e. The number of hydrogen-bond acceptors (Lipinski definition) is 5. The van der Waals surface area contributed by atoms with Crippen molar-refractivity contribution in [2.75, 3.05) is 19.8 Å². The highest BCUT2D eigenvalue weighted by Gasteiger charge is 2.17. The quantitative estimate of drug-likeness (QED) is 0.0346. The van der Waals surface area contributed by atoms with Gasteiger partial charge in [-0.3, -0.25) is 9.59 Å². The molecule has 0 aliphatic heterocycles. The highest BCUT2D eigenvalue weighted by molar-refractivity contribution is 5.70. The third kappa shape index (κ3) is 52.7. The zero-order valence-electron chi connectivity index (χ0n) is 42.7. The molecule has 66 heavy (non-hydrogen) atoms. The summed E-state index contributed by atoms with van der Waals surface area (Å²) in [6.07, 6.45) is 79.0. The molecule has 0 aromatic rings. The van der Waals surface area contributed by atoms with E-state index in [2.05, 4.69) is 148 Å². The van der Waals surface area contributed by atoms with Gasteiger partial charge < -0.3 is 14.2 Å². The standard InChI is InChI=1S/C61H98O5/c1-4-7-10-13-16-19-22-25-27-29-31-33-35-37-39-42-45-48-51-54-60(62)65-58-59(57-64-56-53-50-47-44-41-24-21-18-15-12-9-6-3)66-61(63)55-52-49-46-43-40-38-36-34-32-30-28-26-23-20-17-14-11-8-5-2/h7-8,10-11,16-17,19-20,25-28,31-34,37-40,45,48,59H,4-6,9,12-15,18,21-24,29-30,35-36,41-44,46-47,49-58H2,1-3H3/b10-7-,11-8-,19-16-,20-17-,27-25-,28-26-,33-31-,34-32-,39-37-,40-38-,48-45-. The van der Waals surface area contributed by atoms with E-state index >= 15 is 0 Å². The van der Waals surface area contributed by atoms with Crippen LogP contribution >= 0.6 is 0 Å². The van der Waals surface area contributed by atoms with Crippen molar-refractivity contribution in [3.63, 3.8) is 0 Å². The zero-order valence-corrected chi connectivity index (χ0v) is 42.7. The van der Waals surface area contributed by atoms with E-state index in [-0.39, 0.29) is 25.2 Å². The van der Waals surface area contributed by atoms with Gasteiger partial charge in [-0.25, -0.2) is 0 Å². The van der Waals surface area contributed by atoms with Crippen LogP contribution in [0.2, 0.25) is 0 Å². The average molecular weight is 911 g/mol. The summed E-state index contributed by atoms with van der Waals surface area (Å²) in [6, 6.07) is 0. The first-order chi connectivity index (χ1) is 32.6. The Labute approximate surface area is 407 Å². The minimum Gasteiger partial charge on any atom is -0.462 e. The Kier molecular flexibility index (Phi) is 52.0. The highest BCUT2D eigenvalue weighted by Crippen LogP contribution is 2.13. The lowest BCUT2D eigenvalue weighted by Crippen LogP contribution is -2.30. The Morgan fingerprint density at radius 1 is 0.348 bits per heavy atom. The molecule has 1 atom stereocenters. The van der Waals surface area contributed by atoms with Gasteiger partial charge in [-0.05, 0) is 103 Å². The molecule has 0 amide bonds. The lowest BCUT2D eigenvalue weighted by atomic mass is 10.1. The molecule has 0 aromatic carbocycles. The molecule has 0 fully saturated rings. The number of ether oxygens (including phenoxy) is 3. The smallest absolute Gasteiger partial charge is 0.306 e. The number of rotatable bonds is 47. The van der Waals surface area contributed by atoms with Crippen molar-refractivity contribution in [3.05, 3.63) is 134 Å². The van der Waals surface area contributed by atoms with Gasteiger partial charge in [-0.15, -0.1) is 0 Å². The molecule has 0 aromatic heterocycles. The number of hydrogen-bond donors (Lipinski definition) is 0. The summed E-state index contributed by atoms with van der Waals surface area (Å²) in [7, 11) is 0. The van der Waals surface area contributed by atoms with Gasteiger partial charge in [0.05, 0.1) is 6.61 Å². The molecule has 0 bridgehead atoms. The average Bonchev–Trinajstić information content (AvgIpc) is 3.32. The molecule has 0 N–H and O–H groups in total. The van der Waals surface area contributed by atoms with E-state index in [4.69, 9.17) is 14.2 Å². The fourth-order valence-electron chi connectivity index (χ4n) is 6.80. The Morgan fingerprint density at radius 3 is 1.14 bits per heavy atom. The molecule has 0 saturated heterocycles. The fourth-order valence-corrected chi connectivity index (χ4v) is 6.80. The molecular formula is C61H98O5. The van der Waals surface area contributed by atoms with Crippen molar-refractivity contribution >= 4 is 11.9 Å². The zero-order chi connectivity index (χ0) is 47.7. The molecule has 0 heterocycles. The molecular weight excluding hydrogens is 813 g/mol. The third-order valence-corrected chi connectivity index (χ3v) is 10.7. The summed E-state index contributed by atoms with van der Waals surface area (Å²) in [6.45, 7) is 7.47. The van der Waals surface area contributed by atoms with Crippen LogP contribution in [0.5, 0.6) is 0 Å². The van der Waals surface area contributed by atoms with Crippen LogP contribution in [0.15, 0.2) is 134 Å². The van der Waals surface area contributed by atoms with Crippen molar-refractivity contribution < 1.29 is 23.8 Å². The number of carbonyl (C=O) groups excluding carboxylic acids is 2. The van der Waals surface area contributed by atoms with Crippen LogP contribution in [0, 0.1) is 0 Å². The van der Waals surface area contributed by atoms with Gasteiger partial charge >= 0.3 is 11.9 Å². The maximum atomic E-state index is 12.8. The van der Waals surface area contributed by atoms with E-state index in [1.54, 1.807) is 0 Å². The second kappa shape index (κ2) is 55.4. The SMILES string of the molecule is CC/C=C\C/C=C\C/C=C\C/C=C\C/C=C\C/C=C\CCC(=O)OCC(COCCCCCCCCCCCCCC)OC(=O)CCCCC/C=C\C/C=C\C/C=C\C/C=C\C/C=C\CC. The molecule has 1 unspecified atom stereocenters. The van der Waals surface area contributed by atoms with Crippen molar-refractivity contribution in [3.8, 4) is 0 Å². The third-order valence-electron chi connectivity index (χ3n) is 10.7. The van der Waals surface area contributed by atoms with Gasteiger partial charge in [0.1, 0.15) is 6.61 Å². The number of carbonyl (C=O) groups is 2. The van der Waals surface area contributed by atoms with Gasteiger partial charge in [0.2, 0.25) is 0 Å². The Balaban J connectivity index is 4.46. The summed E-state index contributed by atoms with van der Waals surface area (Å²) in [5.41, 5.74) is 0. The first-order valence-corrected chi connectivity index (χ1v) is 26.7. The van der Waals surface area contributed by atoms with E-state index in [0.29, 0.717) is 25.9 Å². The van der Waals surface area contributed by atoms with Crippen LogP contribution in [0.4, 0.5) is 0 Å². The predicted octanol–water partition coefficient (Wildman–Crippen LogP) is 18.3. The van der Waals surface area contributed by atoms with E-state index in [1.165, 1.54) is 64.2 Å². The Hall–Kier alpha value is -3.96. The van der Waals surface area contributed by atoms with Crippen LogP contribution in [0.1, 0.15) is 213 Å². The second-order valence-electron chi connectivity index (χ2n) is 17.0. The number of unbranched alkanes of at least 4 members (excludes halogenated alkanes) is 14. The van der Waals surface area contributed by atoms with Gasteiger partial charge in [-0.1, -0.05) is 231 Å². The van der Waals surface area contributed by atoms with Crippen LogP contribution in [-0.4, -0.2) is 37.9 Å². The minimum absolute atomic E-state index is 0.0246. The van der Waals surface area contributed by atoms with Crippen molar-refractivity contribution in [1.29, 1.82) is 0 Å². The molecule has 0 aliphatic rings. The monoisotopic (exact) mass is 911 g/mol. The lowest BCUT2D eigenvalue weighted by molar-refractivity contribution is -0.162. The molecule has 0 rings (SSSR count). The van der Waals surface area contributed by atoms with E-state index in [0.717, 1.165) is 109 Å². The molecule has 372 valence electrons. The van der Waals surface area contributed by atoms with E-state index in [1.807, 2.05) is 6.08 Å². The lowest BCUT2D eigenvalue weighted by Gasteiger charge is -2.18. The molecule has 5 heteroatoms. The van der Waals surface area contributed by atoms with Crippen LogP contribution < -0.4 is 0 Å². The number of allylic oxidation sites excluding steroid dienone is 22. The minimum atomic E-state index is -0.592. The summed E-state index contributed by atoms with van der Waals surface area (Å²) in [4.78, 5) is 25.4. The van der Waals surface area contributed by atoms with Crippen LogP contribution in [-0.2, 0) is 23.8 Å². The topological polar surface area (TPSA) is 61.8 Å². The fraction of sp³-hybridized carbons (Fsp3) is 0.607. The Bertz CT molecular complexity index is 1400. The summed E-state index contributed by atoms with van der Waals surface area (Å²) in [5, 5.41) is 0. The van der Waals surface area contributed by atoms with Gasteiger partial charge in [-0.2, -0.15) is 0 Å². The summed E-state index contributed by atoms with van der Waals surface area (Å²) >= 11 is 0. The number of esters is 2. The normalized spacial score (nSPS) is 13.3. The first-order valence-electron chi connectivity index (χ1n) is 26.7. The second-order valence-corrected chi connectivity index (χ2v) is 17.0. The van der Waals surface area contributed by atoms with Crippen molar-refractivity contribution in [2.24, 2.45) is 0 Å².